The number of carbonyl (C=O) groups excluding carboxylic acids is 1. The maximum absolute atomic E-state index is 11.9. The number of rotatable bonds is 8. The summed E-state index contributed by atoms with van der Waals surface area (Å²) in [6.45, 7) is 2.09. The highest BCUT2D eigenvalue weighted by Crippen LogP contribution is 2.10. The zero-order chi connectivity index (χ0) is 15.9. The van der Waals surface area contributed by atoms with E-state index in [0.29, 0.717) is 13.0 Å². The van der Waals surface area contributed by atoms with Crippen LogP contribution in [0.4, 0.5) is 0 Å². The third-order valence-corrected chi connectivity index (χ3v) is 4.04. The van der Waals surface area contributed by atoms with Crippen molar-refractivity contribution >= 4 is 22.0 Å². The first-order valence-corrected chi connectivity index (χ1v) is 7.83. The Morgan fingerprint density at radius 3 is 2.38 bits per heavy atom. The molecule has 8 heteroatoms. The van der Waals surface area contributed by atoms with Crippen molar-refractivity contribution in [3.63, 3.8) is 0 Å². The summed E-state index contributed by atoms with van der Waals surface area (Å²) in [7, 11) is -3.71. The average Bonchev–Trinajstić information content (AvgIpc) is 2.44. The van der Waals surface area contributed by atoms with Crippen LogP contribution < -0.4 is 4.72 Å². The maximum Gasteiger partial charge on any atom is 0.335 e. The fourth-order valence-corrected chi connectivity index (χ4v) is 2.61. The van der Waals surface area contributed by atoms with Crippen LogP contribution in [0.25, 0.3) is 0 Å². The largest absolute Gasteiger partial charge is 0.478 e. The minimum atomic E-state index is -3.71. The van der Waals surface area contributed by atoms with E-state index >= 15 is 0 Å². The molecule has 116 valence electrons. The molecule has 1 aromatic carbocycles. The highest BCUT2D eigenvalue weighted by atomic mass is 32.2. The van der Waals surface area contributed by atoms with Crippen LogP contribution in [0, 0.1) is 0 Å². The third kappa shape index (κ3) is 5.52. The van der Waals surface area contributed by atoms with Gasteiger partial charge in [0.15, 0.2) is 0 Å². The van der Waals surface area contributed by atoms with Gasteiger partial charge in [-0.3, -0.25) is 4.79 Å². The number of hydrogen-bond acceptors (Lipinski definition) is 5. The number of ether oxygens (including phenoxy) is 1. The predicted octanol–water partition coefficient (Wildman–Crippen LogP) is 1.01. The van der Waals surface area contributed by atoms with Gasteiger partial charge in [-0.25, -0.2) is 17.9 Å². The van der Waals surface area contributed by atoms with E-state index in [2.05, 4.69) is 4.72 Å². The number of aromatic carboxylic acids is 1. The van der Waals surface area contributed by atoms with Crippen LogP contribution in [0.2, 0.25) is 0 Å². The summed E-state index contributed by atoms with van der Waals surface area (Å²) in [6, 6.07) is 4.87. The Morgan fingerprint density at radius 1 is 1.24 bits per heavy atom. The Bertz CT molecular complexity index is 594. The van der Waals surface area contributed by atoms with Gasteiger partial charge in [0.1, 0.15) is 0 Å². The second-order valence-electron chi connectivity index (χ2n) is 4.14. The molecular weight excluding hydrogens is 298 g/mol. The van der Waals surface area contributed by atoms with Gasteiger partial charge in [-0.1, -0.05) is 0 Å². The lowest BCUT2D eigenvalue weighted by Gasteiger charge is -2.07. The monoisotopic (exact) mass is 315 g/mol. The molecule has 0 aliphatic carbocycles. The summed E-state index contributed by atoms with van der Waals surface area (Å²) in [4.78, 5) is 21.7. The van der Waals surface area contributed by atoms with Gasteiger partial charge in [-0.15, -0.1) is 0 Å². The Hall–Kier alpha value is -1.93. The summed E-state index contributed by atoms with van der Waals surface area (Å²) in [6.07, 6.45) is 0.458. The van der Waals surface area contributed by atoms with E-state index in [0.717, 1.165) is 0 Å². The summed E-state index contributed by atoms with van der Waals surface area (Å²) < 4.78 is 30.9. The van der Waals surface area contributed by atoms with Crippen LogP contribution in [0.1, 0.15) is 30.1 Å². The molecule has 0 unspecified atom stereocenters. The van der Waals surface area contributed by atoms with Crippen LogP contribution in [0.5, 0.6) is 0 Å². The van der Waals surface area contributed by atoms with Crippen molar-refractivity contribution in [2.24, 2.45) is 0 Å². The molecule has 1 aromatic rings. The number of carbonyl (C=O) groups is 2. The highest BCUT2D eigenvalue weighted by molar-refractivity contribution is 7.89. The fraction of sp³-hybridized carbons (Fsp3) is 0.385. The molecule has 0 amide bonds. The molecule has 0 aromatic heterocycles. The van der Waals surface area contributed by atoms with Gasteiger partial charge < -0.3 is 9.84 Å². The van der Waals surface area contributed by atoms with E-state index in [1.807, 2.05) is 0 Å². The molecule has 0 heterocycles. The van der Waals surface area contributed by atoms with Crippen molar-refractivity contribution in [1.82, 2.24) is 4.72 Å². The van der Waals surface area contributed by atoms with Crippen molar-refractivity contribution < 1.29 is 27.9 Å². The molecule has 21 heavy (non-hydrogen) atoms. The highest BCUT2D eigenvalue weighted by Gasteiger charge is 2.14. The first-order valence-electron chi connectivity index (χ1n) is 6.35. The van der Waals surface area contributed by atoms with Gasteiger partial charge in [0, 0.05) is 13.0 Å². The van der Waals surface area contributed by atoms with Crippen molar-refractivity contribution in [3.8, 4) is 0 Å². The lowest BCUT2D eigenvalue weighted by atomic mass is 10.2. The molecule has 0 saturated carbocycles. The predicted molar refractivity (Wildman–Crippen MR) is 74.5 cm³/mol. The molecule has 0 fully saturated rings. The van der Waals surface area contributed by atoms with Gasteiger partial charge in [0.25, 0.3) is 0 Å². The molecule has 0 aliphatic rings. The Labute approximate surface area is 123 Å². The van der Waals surface area contributed by atoms with Crippen LogP contribution in [0.3, 0.4) is 0 Å². The van der Waals surface area contributed by atoms with Crippen LogP contribution in [0.15, 0.2) is 29.2 Å². The maximum atomic E-state index is 11.9. The summed E-state index contributed by atoms with van der Waals surface area (Å²) in [5.74, 6) is -1.50. The van der Waals surface area contributed by atoms with E-state index in [9.17, 15) is 18.0 Å². The van der Waals surface area contributed by atoms with Crippen LogP contribution in [-0.4, -0.2) is 38.6 Å². The SMILES string of the molecule is CCOC(=O)CCCNS(=O)(=O)c1ccc(C(=O)O)cc1. The topological polar surface area (TPSA) is 110 Å². The van der Waals surface area contributed by atoms with Crippen LogP contribution >= 0.6 is 0 Å². The average molecular weight is 315 g/mol. The number of benzene rings is 1. The Balaban J connectivity index is 2.53. The molecule has 0 atom stereocenters. The zero-order valence-corrected chi connectivity index (χ0v) is 12.4. The minimum Gasteiger partial charge on any atom is -0.478 e. The molecule has 7 nitrogen and oxygen atoms in total. The number of nitrogens with one attached hydrogen (secondary N) is 1. The van der Waals surface area contributed by atoms with Gasteiger partial charge >= 0.3 is 11.9 Å². The van der Waals surface area contributed by atoms with Crippen molar-refractivity contribution in [1.29, 1.82) is 0 Å². The zero-order valence-electron chi connectivity index (χ0n) is 11.5. The standard InChI is InChI=1S/C13H17NO6S/c1-2-20-12(15)4-3-9-14-21(18,19)11-7-5-10(6-8-11)13(16)17/h5-8,14H,2-4,9H2,1H3,(H,16,17). The van der Waals surface area contributed by atoms with Gasteiger partial charge in [-0.2, -0.15) is 0 Å². The van der Waals surface area contributed by atoms with Gasteiger partial charge in [0.2, 0.25) is 10.0 Å². The number of sulfonamides is 1. The number of esters is 1. The molecule has 0 saturated heterocycles. The number of carboxylic acids is 1. The summed E-state index contributed by atoms with van der Waals surface area (Å²) in [5.41, 5.74) is 0.0104. The normalized spacial score (nSPS) is 11.1. The minimum absolute atomic E-state index is 0.0104. The smallest absolute Gasteiger partial charge is 0.335 e. The summed E-state index contributed by atoms with van der Waals surface area (Å²) in [5, 5.41) is 8.74. The molecule has 0 spiro atoms. The first kappa shape index (κ1) is 17.1. The second-order valence-corrected chi connectivity index (χ2v) is 5.90. The molecule has 0 aliphatic heterocycles. The van der Waals surface area contributed by atoms with E-state index in [4.69, 9.17) is 9.84 Å². The fourth-order valence-electron chi connectivity index (χ4n) is 1.53. The van der Waals surface area contributed by atoms with E-state index < -0.39 is 16.0 Å². The molecule has 2 N–H and O–H groups in total. The number of hydrogen-bond donors (Lipinski definition) is 2. The summed E-state index contributed by atoms with van der Waals surface area (Å²) >= 11 is 0. The van der Waals surface area contributed by atoms with E-state index in [1.165, 1.54) is 24.3 Å². The molecule has 1 rings (SSSR count). The number of carboxylic acid groups (broad SMARTS) is 1. The van der Waals surface area contributed by atoms with Gasteiger partial charge in [-0.05, 0) is 37.6 Å². The molecule has 0 bridgehead atoms. The Kier molecular flexibility index (Phi) is 6.32. The van der Waals surface area contributed by atoms with Crippen molar-refractivity contribution in [2.45, 2.75) is 24.7 Å². The van der Waals surface area contributed by atoms with E-state index in [1.54, 1.807) is 6.92 Å². The first-order chi connectivity index (χ1) is 9.86. The molecular formula is C13H17NO6S. The lowest BCUT2D eigenvalue weighted by molar-refractivity contribution is -0.143. The van der Waals surface area contributed by atoms with Crippen molar-refractivity contribution in [3.05, 3.63) is 29.8 Å². The van der Waals surface area contributed by atoms with E-state index in [-0.39, 0.29) is 29.4 Å². The van der Waals surface area contributed by atoms with Gasteiger partial charge in [0.05, 0.1) is 17.1 Å². The third-order valence-electron chi connectivity index (χ3n) is 2.57. The Morgan fingerprint density at radius 2 is 1.86 bits per heavy atom. The lowest BCUT2D eigenvalue weighted by Crippen LogP contribution is -2.25. The van der Waals surface area contributed by atoms with Crippen molar-refractivity contribution in [2.75, 3.05) is 13.2 Å². The molecule has 0 radical (unpaired) electrons. The van der Waals surface area contributed by atoms with Crippen LogP contribution in [-0.2, 0) is 19.6 Å². The second kappa shape index (κ2) is 7.75. The quantitative estimate of drug-likeness (QED) is 0.547.